The number of nitrogens with zero attached hydrogens (tertiary/aromatic N) is 3. The molecule has 0 unspecified atom stereocenters. The highest BCUT2D eigenvalue weighted by Gasteiger charge is 2.35. The molecule has 0 spiro atoms. The Morgan fingerprint density at radius 3 is 2.42 bits per heavy atom. The molecule has 6 nitrogen and oxygen atoms in total. The van der Waals surface area contributed by atoms with Gasteiger partial charge in [-0.15, -0.1) is 0 Å². The Hall–Kier alpha value is -2.91. The molecule has 4 rings (SSSR count). The third kappa shape index (κ3) is 5.20. The van der Waals surface area contributed by atoms with Gasteiger partial charge in [0.05, 0.1) is 41.4 Å². The Morgan fingerprint density at radius 1 is 1.12 bits per heavy atom. The molecular formula is C23H21ClF3N3O3. The molecule has 3 aromatic rings. The lowest BCUT2D eigenvalue weighted by molar-refractivity contribution is -0.137. The van der Waals surface area contributed by atoms with Gasteiger partial charge in [-0.25, -0.2) is 4.98 Å². The van der Waals surface area contributed by atoms with Crippen LogP contribution >= 0.6 is 11.6 Å². The van der Waals surface area contributed by atoms with E-state index in [1.165, 1.54) is 23.0 Å². The largest absolute Gasteiger partial charge is 0.416 e. The first kappa shape index (κ1) is 23.3. The van der Waals surface area contributed by atoms with Gasteiger partial charge in [0.25, 0.3) is 5.56 Å². The van der Waals surface area contributed by atoms with E-state index in [0.29, 0.717) is 21.5 Å². The minimum absolute atomic E-state index is 0.0207. The number of rotatable bonds is 4. The summed E-state index contributed by atoms with van der Waals surface area (Å²) in [5.41, 5.74) is -1.27. The third-order valence-corrected chi connectivity index (χ3v) is 6.17. The molecule has 0 aliphatic carbocycles. The molecule has 0 bridgehead atoms. The number of alkyl halides is 3. The van der Waals surface area contributed by atoms with Gasteiger partial charge >= 0.3 is 6.18 Å². The summed E-state index contributed by atoms with van der Waals surface area (Å²) in [6.07, 6.45) is -2.54. The lowest BCUT2D eigenvalue weighted by atomic mass is 9.91. The van der Waals surface area contributed by atoms with Crippen molar-refractivity contribution in [3.8, 4) is 0 Å². The van der Waals surface area contributed by atoms with Crippen molar-refractivity contribution < 1.29 is 23.1 Å². The van der Waals surface area contributed by atoms with Gasteiger partial charge in [-0.2, -0.15) is 13.2 Å². The maximum absolute atomic E-state index is 12.8. The van der Waals surface area contributed by atoms with Crippen molar-refractivity contribution in [1.29, 1.82) is 0 Å². The minimum atomic E-state index is -4.42. The number of piperidine rings is 1. The number of benzene rings is 2. The molecule has 1 N–H and O–H groups in total. The van der Waals surface area contributed by atoms with E-state index < -0.39 is 17.3 Å². The Kier molecular flexibility index (Phi) is 6.20. The van der Waals surface area contributed by atoms with Crippen LogP contribution in [0.2, 0.25) is 5.02 Å². The van der Waals surface area contributed by atoms with Gasteiger partial charge in [-0.1, -0.05) is 23.7 Å². The fraction of sp³-hybridized carbons (Fsp3) is 0.348. The molecule has 174 valence electrons. The van der Waals surface area contributed by atoms with Crippen LogP contribution < -0.4 is 5.56 Å². The van der Waals surface area contributed by atoms with Gasteiger partial charge in [0.1, 0.15) is 0 Å². The van der Waals surface area contributed by atoms with Crippen molar-refractivity contribution in [2.45, 2.75) is 37.6 Å². The predicted octanol–water partition coefficient (Wildman–Crippen LogP) is 3.66. The molecule has 1 aliphatic rings. The summed E-state index contributed by atoms with van der Waals surface area (Å²) in [6, 6.07) is 9.31. The van der Waals surface area contributed by atoms with E-state index in [9.17, 15) is 27.9 Å². The number of fused-ring (bicyclic) bond motifs is 1. The second kappa shape index (κ2) is 8.79. The maximum Gasteiger partial charge on any atom is 0.416 e. The first-order valence-corrected chi connectivity index (χ1v) is 10.7. The number of carbonyl (C=O) groups excluding carboxylic acids is 1. The zero-order valence-corrected chi connectivity index (χ0v) is 18.2. The van der Waals surface area contributed by atoms with Crippen molar-refractivity contribution in [3.63, 3.8) is 0 Å². The fourth-order valence-electron chi connectivity index (χ4n) is 3.99. The number of amides is 1. The molecular weight excluding hydrogens is 459 g/mol. The summed E-state index contributed by atoms with van der Waals surface area (Å²) in [7, 11) is 0. The van der Waals surface area contributed by atoms with Crippen molar-refractivity contribution in [3.05, 3.63) is 75.3 Å². The second-order valence-electron chi connectivity index (χ2n) is 8.32. The number of hydrogen-bond donors (Lipinski definition) is 1. The standard InChI is InChI=1S/C23H21ClF3N3O3/c24-17-5-6-18-19(12-17)28-14-30(21(18)32)13-22(33)7-9-29(10-8-22)20(31)11-15-1-3-16(4-2-15)23(25,26)27/h1-6,12,14,33H,7-11,13H2. The lowest BCUT2D eigenvalue weighted by Gasteiger charge is -2.38. The average molecular weight is 480 g/mol. The zero-order valence-electron chi connectivity index (χ0n) is 17.5. The van der Waals surface area contributed by atoms with Crippen LogP contribution in [0.4, 0.5) is 13.2 Å². The van der Waals surface area contributed by atoms with Crippen molar-refractivity contribution in [2.75, 3.05) is 13.1 Å². The topological polar surface area (TPSA) is 75.4 Å². The zero-order chi connectivity index (χ0) is 23.8. The highest BCUT2D eigenvalue weighted by molar-refractivity contribution is 6.31. The van der Waals surface area contributed by atoms with Crippen LogP contribution in [0.15, 0.2) is 53.6 Å². The minimum Gasteiger partial charge on any atom is -0.388 e. The third-order valence-electron chi connectivity index (χ3n) is 5.94. The maximum atomic E-state index is 12.8. The van der Waals surface area contributed by atoms with Gasteiger partial charge in [0, 0.05) is 18.1 Å². The summed E-state index contributed by atoms with van der Waals surface area (Å²) in [5.74, 6) is -0.224. The molecule has 1 amide bonds. The van der Waals surface area contributed by atoms with Crippen LogP contribution in [-0.4, -0.2) is 44.2 Å². The van der Waals surface area contributed by atoms with E-state index in [-0.39, 0.29) is 50.4 Å². The van der Waals surface area contributed by atoms with Crippen LogP contribution in [0.1, 0.15) is 24.0 Å². The Balaban J connectivity index is 1.38. The number of hydrogen-bond acceptors (Lipinski definition) is 4. The Morgan fingerprint density at radius 2 is 1.79 bits per heavy atom. The van der Waals surface area contributed by atoms with Gasteiger partial charge in [-0.3, -0.25) is 14.2 Å². The van der Waals surface area contributed by atoms with Crippen LogP contribution in [0.5, 0.6) is 0 Å². The molecule has 1 saturated heterocycles. The number of carbonyl (C=O) groups is 1. The molecule has 1 aliphatic heterocycles. The summed E-state index contributed by atoms with van der Waals surface area (Å²) in [6.45, 7) is 0.598. The Labute approximate surface area is 192 Å². The summed E-state index contributed by atoms with van der Waals surface area (Å²) in [4.78, 5) is 31.2. The van der Waals surface area contributed by atoms with Gasteiger partial charge in [0.15, 0.2) is 0 Å². The summed E-state index contributed by atoms with van der Waals surface area (Å²) >= 11 is 5.94. The van der Waals surface area contributed by atoms with E-state index in [0.717, 1.165) is 12.1 Å². The van der Waals surface area contributed by atoms with Crippen LogP contribution in [-0.2, 0) is 23.9 Å². The van der Waals surface area contributed by atoms with Crippen molar-refractivity contribution in [2.24, 2.45) is 0 Å². The first-order valence-electron chi connectivity index (χ1n) is 10.4. The van der Waals surface area contributed by atoms with Gasteiger partial charge in [-0.05, 0) is 48.7 Å². The smallest absolute Gasteiger partial charge is 0.388 e. The van der Waals surface area contributed by atoms with Crippen LogP contribution in [0, 0.1) is 0 Å². The molecule has 1 aromatic heterocycles. The molecule has 33 heavy (non-hydrogen) atoms. The number of aromatic nitrogens is 2. The van der Waals surface area contributed by atoms with E-state index in [2.05, 4.69) is 4.98 Å². The van der Waals surface area contributed by atoms with E-state index in [1.807, 2.05) is 0 Å². The van der Waals surface area contributed by atoms with E-state index in [1.54, 1.807) is 23.1 Å². The normalized spacial score (nSPS) is 16.2. The molecule has 0 radical (unpaired) electrons. The monoisotopic (exact) mass is 479 g/mol. The quantitative estimate of drug-likeness (QED) is 0.619. The molecule has 2 aromatic carbocycles. The fourth-order valence-corrected chi connectivity index (χ4v) is 4.16. The molecule has 0 atom stereocenters. The SMILES string of the molecule is O=C(Cc1ccc(C(F)(F)F)cc1)N1CCC(O)(Cn2cnc3cc(Cl)ccc3c2=O)CC1. The highest BCUT2D eigenvalue weighted by Crippen LogP contribution is 2.29. The molecule has 2 heterocycles. The second-order valence-corrected chi connectivity index (χ2v) is 8.75. The van der Waals surface area contributed by atoms with Gasteiger partial charge < -0.3 is 10.0 Å². The van der Waals surface area contributed by atoms with Crippen LogP contribution in [0.25, 0.3) is 10.9 Å². The van der Waals surface area contributed by atoms with Gasteiger partial charge in [0.2, 0.25) is 5.91 Å². The lowest BCUT2D eigenvalue weighted by Crippen LogP contribution is -2.50. The first-order chi connectivity index (χ1) is 15.5. The highest BCUT2D eigenvalue weighted by atomic mass is 35.5. The average Bonchev–Trinajstić information content (AvgIpc) is 2.76. The number of aliphatic hydroxyl groups is 1. The number of likely N-dealkylation sites (tertiary alicyclic amines) is 1. The number of halogens is 4. The van der Waals surface area contributed by atoms with Crippen LogP contribution in [0.3, 0.4) is 0 Å². The van der Waals surface area contributed by atoms with Crippen molar-refractivity contribution >= 4 is 28.4 Å². The van der Waals surface area contributed by atoms with Crippen molar-refractivity contribution in [1.82, 2.24) is 14.5 Å². The molecule has 1 fully saturated rings. The molecule has 0 saturated carbocycles. The van der Waals surface area contributed by atoms with E-state index in [4.69, 9.17) is 11.6 Å². The predicted molar refractivity (Wildman–Crippen MR) is 117 cm³/mol. The summed E-state index contributed by atoms with van der Waals surface area (Å²) < 4.78 is 39.4. The molecule has 10 heteroatoms. The Bertz CT molecular complexity index is 1230. The van der Waals surface area contributed by atoms with E-state index >= 15 is 0 Å². The summed E-state index contributed by atoms with van der Waals surface area (Å²) in [5, 5.41) is 11.9.